The summed E-state index contributed by atoms with van der Waals surface area (Å²) in [5, 5.41) is 7.06. The number of carbonyl (C=O) groups excluding carboxylic acids is 2. The summed E-state index contributed by atoms with van der Waals surface area (Å²) >= 11 is 1.63. The molecule has 0 radical (unpaired) electrons. The smallest absolute Gasteiger partial charge is 0.268 e. The van der Waals surface area contributed by atoms with Crippen LogP contribution >= 0.6 is 11.3 Å². The maximum absolute atomic E-state index is 12.5. The Morgan fingerprint density at radius 1 is 1.35 bits per heavy atom. The fourth-order valence-corrected chi connectivity index (χ4v) is 3.70. The van der Waals surface area contributed by atoms with Crippen molar-refractivity contribution in [3.05, 3.63) is 46.7 Å². The summed E-state index contributed by atoms with van der Waals surface area (Å²) in [6, 6.07) is 9.43. The second-order valence-corrected chi connectivity index (χ2v) is 7.27. The van der Waals surface area contributed by atoms with Crippen LogP contribution in [0.4, 0.5) is 5.69 Å². The Morgan fingerprint density at radius 2 is 2.12 bits per heavy atom. The molecule has 26 heavy (non-hydrogen) atoms. The molecule has 2 amide bonds. The van der Waals surface area contributed by atoms with E-state index in [0.29, 0.717) is 18.0 Å². The van der Waals surface area contributed by atoms with Gasteiger partial charge in [-0.3, -0.25) is 14.5 Å². The Hall–Kier alpha value is -2.38. The van der Waals surface area contributed by atoms with Crippen LogP contribution in [0.25, 0.3) is 0 Å². The van der Waals surface area contributed by atoms with Gasteiger partial charge in [0.15, 0.2) is 6.10 Å². The summed E-state index contributed by atoms with van der Waals surface area (Å²) < 4.78 is 5.61. The highest BCUT2D eigenvalue weighted by Gasteiger charge is 2.32. The lowest BCUT2D eigenvalue weighted by atomic mass is 10.1. The molecule has 1 aliphatic rings. The maximum Gasteiger partial charge on any atom is 0.268 e. The van der Waals surface area contributed by atoms with E-state index in [1.807, 2.05) is 37.7 Å². The molecule has 0 fully saturated rings. The van der Waals surface area contributed by atoms with Crippen molar-refractivity contribution >= 4 is 28.8 Å². The molecule has 0 unspecified atom stereocenters. The highest BCUT2D eigenvalue weighted by Crippen LogP contribution is 2.33. The van der Waals surface area contributed by atoms with Crippen LogP contribution in [-0.2, 0) is 9.59 Å². The fraction of sp³-hybridized carbons (Fsp3) is 0.368. The van der Waals surface area contributed by atoms with Crippen molar-refractivity contribution in [2.75, 3.05) is 32.1 Å². The lowest BCUT2D eigenvalue weighted by Crippen LogP contribution is -2.49. The average molecular weight is 373 g/mol. The number of anilines is 1. The van der Waals surface area contributed by atoms with Gasteiger partial charge >= 0.3 is 0 Å². The number of hydrogen-bond donors (Lipinski definition) is 1. The number of nitrogens with zero attached hydrogens (tertiary/aromatic N) is 2. The standard InChI is InChI=1S/C19H23N3O3S/c1-13-19(24)22(15-6-4-5-7-17(15)25-13)11-18(23)20-10-16(21(2)3)14-8-9-26-12-14/h4-9,12-13,16H,10-11H2,1-3H3,(H,20,23)/t13-,16+/m0/s1. The number of carbonyl (C=O) groups is 2. The molecular weight excluding hydrogens is 350 g/mol. The molecule has 1 aromatic heterocycles. The van der Waals surface area contributed by atoms with Crippen molar-refractivity contribution in [3.8, 4) is 5.75 Å². The summed E-state index contributed by atoms with van der Waals surface area (Å²) in [7, 11) is 3.97. The molecule has 2 atom stereocenters. The normalized spacial score (nSPS) is 17.6. The average Bonchev–Trinajstić information content (AvgIpc) is 3.13. The number of nitrogens with one attached hydrogen (secondary N) is 1. The molecule has 2 heterocycles. The maximum atomic E-state index is 12.5. The van der Waals surface area contributed by atoms with Crippen LogP contribution in [0.15, 0.2) is 41.1 Å². The molecule has 1 aliphatic heterocycles. The van der Waals surface area contributed by atoms with E-state index in [-0.39, 0.29) is 24.4 Å². The van der Waals surface area contributed by atoms with Crippen molar-refractivity contribution in [3.63, 3.8) is 0 Å². The quantitative estimate of drug-likeness (QED) is 0.844. The Morgan fingerprint density at radius 3 is 2.81 bits per heavy atom. The third kappa shape index (κ3) is 3.89. The molecule has 1 aromatic carbocycles. The number of para-hydroxylation sites is 2. The van der Waals surface area contributed by atoms with Crippen LogP contribution < -0.4 is 15.0 Å². The van der Waals surface area contributed by atoms with Crippen LogP contribution in [-0.4, -0.2) is 50.0 Å². The molecule has 0 saturated carbocycles. The number of ether oxygens (including phenoxy) is 1. The first-order chi connectivity index (χ1) is 12.5. The Kier molecular flexibility index (Phi) is 5.58. The van der Waals surface area contributed by atoms with E-state index in [9.17, 15) is 9.59 Å². The summed E-state index contributed by atoms with van der Waals surface area (Å²) in [4.78, 5) is 28.5. The van der Waals surface area contributed by atoms with Crippen LogP contribution in [0, 0.1) is 0 Å². The molecule has 1 N–H and O–H groups in total. The molecule has 0 spiro atoms. The van der Waals surface area contributed by atoms with Gasteiger partial charge < -0.3 is 15.0 Å². The highest BCUT2D eigenvalue weighted by molar-refractivity contribution is 7.07. The van der Waals surface area contributed by atoms with E-state index in [1.54, 1.807) is 24.3 Å². The first kappa shape index (κ1) is 18.4. The number of benzene rings is 1. The minimum atomic E-state index is -0.599. The van der Waals surface area contributed by atoms with Crippen molar-refractivity contribution in [2.45, 2.75) is 19.1 Å². The Labute approximate surface area is 157 Å². The Bertz CT molecular complexity index is 776. The second kappa shape index (κ2) is 7.88. The van der Waals surface area contributed by atoms with E-state index in [4.69, 9.17) is 4.74 Å². The van der Waals surface area contributed by atoms with Gasteiger partial charge in [0.1, 0.15) is 12.3 Å². The molecule has 138 valence electrons. The monoisotopic (exact) mass is 373 g/mol. The van der Waals surface area contributed by atoms with Gasteiger partial charge in [-0.05, 0) is 55.5 Å². The van der Waals surface area contributed by atoms with E-state index in [2.05, 4.69) is 21.7 Å². The zero-order valence-electron chi connectivity index (χ0n) is 15.1. The SMILES string of the molecule is C[C@@H]1Oc2ccccc2N(CC(=O)NC[C@H](c2ccsc2)N(C)C)C1=O. The molecule has 0 aliphatic carbocycles. The van der Waals surface area contributed by atoms with E-state index < -0.39 is 6.10 Å². The van der Waals surface area contributed by atoms with Crippen LogP contribution in [0.3, 0.4) is 0 Å². The number of thiophene rings is 1. The molecular formula is C19H23N3O3S. The van der Waals surface area contributed by atoms with Gasteiger partial charge in [-0.1, -0.05) is 12.1 Å². The van der Waals surface area contributed by atoms with Crippen molar-refractivity contribution in [1.82, 2.24) is 10.2 Å². The topological polar surface area (TPSA) is 61.9 Å². The molecule has 0 bridgehead atoms. The van der Waals surface area contributed by atoms with Gasteiger partial charge in [0, 0.05) is 6.54 Å². The largest absolute Gasteiger partial charge is 0.479 e. The Balaban J connectivity index is 1.67. The third-order valence-corrected chi connectivity index (χ3v) is 5.12. The number of rotatable bonds is 6. The van der Waals surface area contributed by atoms with Gasteiger partial charge in [0.2, 0.25) is 5.91 Å². The van der Waals surface area contributed by atoms with E-state index >= 15 is 0 Å². The number of fused-ring (bicyclic) bond motifs is 1. The zero-order valence-corrected chi connectivity index (χ0v) is 16.0. The fourth-order valence-electron chi connectivity index (χ4n) is 3.00. The van der Waals surface area contributed by atoms with Crippen LogP contribution in [0.5, 0.6) is 5.75 Å². The minimum absolute atomic E-state index is 0.0205. The minimum Gasteiger partial charge on any atom is -0.479 e. The molecule has 7 heteroatoms. The number of hydrogen-bond acceptors (Lipinski definition) is 5. The van der Waals surface area contributed by atoms with Gasteiger partial charge in [-0.25, -0.2) is 0 Å². The van der Waals surface area contributed by atoms with Crippen molar-refractivity contribution < 1.29 is 14.3 Å². The predicted molar refractivity (Wildman–Crippen MR) is 103 cm³/mol. The molecule has 0 saturated heterocycles. The van der Waals surface area contributed by atoms with E-state index in [1.165, 1.54) is 10.5 Å². The van der Waals surface area contributed by atoms with E-state index in [0.717, 1.165) is 0 Å². The predicted octanol–water partition coefficient (Wildman–Crippen LogP) is 2.28. The summed E-state index contributed by atoms with van der Waals surface area (Å²) in [5.74, 6) is 0.224. The van der Waals surface area contributed by atoms with Gasteiger partial charge in [-0.15, -0.1) is 0 Å². The van der Waals surface area contributed by atoms with Crippen molar-refractivity contribution in [1.29, 1.82) is 0 Å². The van der Waals surface area contributed by atoms with Gasteiger partial charge in [0.05, 0.1) is 11.7 Å². The van der Waals surface area contributed by atoms with Crippen molar-refractivity contribution in [2.24, 2.45) is 0 Å². The summed E-state index contributed by atoms with van der Waals surface area (Å²) in [6.07, 6.45) is -0.599. The molecule has 2 aromatic rings. The summed E-state index contributed by atoms with van der Waals surface area (Å²) in [6.45, 7) is 2.16. The first-order valence-corrected chi connectivity index (χ1v) is 9.44. The van der Waals surface area contributed by atoms with Gasteiger partial charge in [-0.2, -0.15) is 11.3 Å². The lowest BCUT2D eigenvalue weighted by molar-refractivity contribution is -0.128. The number of amides is 2. The highest BCUT2D eigenvalue weighted by atomic mass is 32.1. The van der Waals surface area contributed by atoms with Crippen LogP contribution in [0.2, 0.25) is 0 Å². The first-order valence-electron chi connectivity index (χ1n) is 8.49. The number of likely N-dealkylation sites (N-methyl/N-ethyl adjacent to an activating group) is 1. The molecule has 3 rings (SSSR count). The zero-order chi connectivity index (χ0) is 18.7. The van der Waals surface area contributed by atoms with Gasteiger partial charge in [0.25, 0.3) is 5.91 Å². The summed E-state index contributed by atoms with van der Waals surface area (Å²) in [5.41, 5.74) is 1.80. The lowest BCUT2D eigenvalue weighted by Gasteiger charge is -2.32. The van der Waals surface area contributed by atoms with Crippen LogP contribution in [0.1, 0.15) is 18.5 Å². The third-order valence-electron chi connectivity index (χ3n) is 4.42. The molecule has 6 nitrogen and oxygen atoms in total. The second-order valence-electron chi connectivity index (χ2n) is 6.49.